The Labute approximate surface area is 147 Å². The molecule has 0 heterocycles. The van der Waals surface area contributed by atoms with E-state index >= 15 is 0 Å². The van der Waals surface area contributed by atoms with Gasteiger partial charge in [-0.05, 0) is 37.6 Å². The minimum Gasteiger partial charge on any atom is -0.497 e. The number of amides is 1. The van der Waals surface area contributed by atoms with Crippen molar-refractivity contribution < 1.29 is 14.3 Å². The number of anilines is 1. The molecule has 0 radical (unpaired) electrons. The van der Waals surface area contributed by atoms with Crippen LogP contribution in [0.1, 0.15) is 18.9 Å². The molecule has 0 aliphatic rings. The first-order chi connectivity index (χ1) is 11.6. The molecule has 2 aromatic rings. The van der Waals surface area contributed by atoms with Gasteiger partial charge in [0, 0.05) is 11.0 Å². The fourth-order valence-corrected chi connectivity index (χ4v) is 3.18. The molecule has 1 atom stereocenters. The Balaban J connectivity index is 2.12. The van der Waals surface area contributed by atoms with Crippen LogP contribution in [0, 0.1) is 6.92 Å². The topological polar surface area (TPSA) is 47.6 Å². The van der Waals surface area contributed by atoms with Gasteiger partial charge < -0.3 is 14.8 Å². The number of hydrogen-bond donors (Lipinski definition) is 1. The zero-order valence-electron chi connectivity index (χ0n) is 14.5. The van der Waals surface area contributed by atoms with Crippen molar-refractivity contribution in [1.82, 2.24) is 0 Å². The number of carbonyl (C=O) groups excluding carboxylic acids is 1. The van der Waals surface area contributed by atoms with Crippen molar-refractivity contribution in [2.45, 2.75) is 30.4 Å². The Bertz CT molecular complexity index is 686. The average molecular weight is 345 g/mol. The van der Waals surface area contributed by atoms with Crippen molar-refractivity contribution in [3.63, 3.8) is 0 Å². The summed E-state index contributed by atoms with van der Waals surface area (Å²) in [5.41, 5.74) is 1.82. The van der Waals surface area contributed by atoms with Crippen LogP contribution >= 0.6 is 11.8 Å². The highest BCUT2D eigenvalue weighted by atomic mass is 32.2. The molecule has 24 heavy (non-hydrogen) atoms. The van der Waals surface area contributed by atoms with Crippen LogP contribution in [0.4, 0.5) is 5.69 Å². The van der Waals surface area contributed by atoms with E-state index in [4.69, 9.17) is 9.47 Å². The van der Waals surface area contributed by atoms with Gasteiger partial charge in [-0.2, -0.15) is 0 Å². The molecule has 0 aromatic heterocycles. The molecule has 1 N–H and O–H groups in total. The highest BCUT2D eigenvalue weighted by Gasteiger charge is 2.19. The summed E-state index contributed by atoms with van der Waals surface area (Å²) in [6.07, 6.45) is 0.733. The monoisotopic (exact) mass is 345 g/mol. The third kappa shape index (κ3) is 4.68. The first kappa shape index (κ1) is 18.2. The van der Waals surface area contributed by atoms with E-state index in [2.05, 4.69) is 17.4 Å². The van der Waals surface area contributed by atoms with E-state index in [1.165, 1.54) is 5.56 Å². The molecule has 1 unspecified atom stereocenters. The van der Waals surface area contributed by atoms with Crippen molar-refractivity contribution in [2.24, 2.45) is 0 Å². The number of nitrogens with one attached hydrogen (secondary N) is 1. The number of benzene rings is 2. The predicted octanol–water partition coefficient (Wildman–Crippen LogP) is 4.52. The lowest BCUT2D eigenvalue weighted by molar-refractivity contribution is -0.115. The van der Waals surface area contributed by atoms with Gasteiger partial charge >= 0.3 is 0 Å². The van der Waals surface area contributed by atoms with Crippen LogP contribution in [0.15, 0.2) is 47.4 Å². The molecule has 0 bridgehead atoms. The maximum absolute atomic E-state index is 12.7. The van der Waals surface area contributed by atoms with Crippen LogP contribution in [0.25, 0.3) is 0 Å². The third-order valence-electron chi connectivity index (χ3n) is 3.63. The summed E-state index contributed by atoms with van der Waals surface area (Å²) in [4.78, 5) is 13.7. The molecule has 128 valence electrons. The number of carbonyl (C=O) groups is 1. The molecule has 2 rings (SSSR count). The van der Waals surface area contributed by atoms with Crippen LogP contribution in [0.2, 0.25) is 0 Å². The lowest BCUT2D eigenvalue weighted by Crippen LogP contribution is -2.24. The minimum absolute atomic E-state index is 0.0466. The SMILES string of the molecule is CCC(Sc1ccc(C)cc1)C(=O)Nc1cc(OC)ccc1OC. The van der Waals surface area contributed by atoms with Gasteiger partial charge in [0.2, 0.25) is 5.91 Å². The van der Waals surface area contributed by atoms with E-state index in [1.54, 1.807) is 44.2 Å². The molecule has 0 fully saturated rings. The molecule has 1 amide bonds. The van der Waals surface area contributed by atoms with Crippen LogP contribution in [0.3, 0.4) is 0 Å². The third-order valence-corrected chi connectivity index (χ3v) is 5.00. The Hall–Kier alpha value is -2.14. The molecule has 0 spiro atoms. The van der Waals surface area contributed by atoms with Crippen molar-refractivity contribution >= 4 is 23.4 Å². The molecule has 4 nitrogen and oxygen atoms in total. The van der Waals surface area contributed by atoms with Crippen molar-refractivity contribution in [1.29, 1.82) is 0 Å². The molecule has 5 heteroatoms. The van der Waals surface area contributed by atoms with Gasteiger partial charge in [0.15, 0.2) is 0 Å². The van der Waals surface area contributed by atoms with Crippen LogP contribution in [-0.2, 0) is 4.79 Å². The van der Waals surface area contributed by atoms with Crippen molar-refractivity contribution in [3.8, 4) is 11.5 Å². The van der Waals surface area contributed by atoms with Crippen molar-refractivity contribution in [2.75, 3.05) is 19.5 Å². The summed E-state index contributed by atoms with van der Waals surface area (Å²) < 4.78 is 10.5. The van der Waals surface area contributed by atoms with Crippen LogP contribution in [-0.4, -0.2) is 25.4 Å². The second-order valence-corrected chi connectivity index (χ2v) is 6.66. The Morgan fingerprint density at radius 2 is 1.83 bits per heavy atom. The fraction of sp³-hybridized carbons (Fsp3) is 0.316. The first-order valence-corrected chi connectivity index (χ1v) is 8.71. The number of rotatable bonds is 7. The van der Waals surface area contributed by atoms with E-state index < -0.39 is 0 Å². The van der Waals surface area contributed by atoms with Crippen LogP contribution in [0.5, 0.6) is 11.5 Å². The summed E-state index contributed by atoms with van der Waals surface area (Å²) in [6, 6.07) is 13.5. The van der Waals surface area contributed by atoms with E-state index in [9.17, 15) is 4.79 Å². The maximum Gasteiger partial charge on any atom is 0.237 e. The van der Waals surface area contributed by atoms with Gasteiger partial charge in [-0.25, -0.2) is 0 Å². The molecular formula is C19H23NO3S. The summed E-state index contributed by atoms with van der Waals surface area (Å²) in [5, 5.41) is 2.78. The van der Waals surface area contributed by atoms with E-state index in [0.717, 1.165) is 11.3 Å². The van der Waals surface area contributed by atoms with Crippen LogP contribution < -0.4 is 14.8 Å². The second kappa shape index (κ2) is 8.64. The summed E-state index contributed by atoms with van der Waals surface area (Å²) in [5.74, 6) is 1.24. The summed E-state index contributed by atoms with van der Waals surface area (Å²) in [6.45, 7) is 4.06. The zero-order chi connectivity index (χ0) is 17.5. The average Bonchev–Trinajstić information content (AvgIpc) is 2.61. The van der Waals surface area contributed by atoms with Crippen molar-refractivity contribution in [3.05, 3.63) is 48.0 Å². The van der Waals surface area contributed by atoms with Gasteiger partial charge in [-0.15, -0.1) is 11.8 Å². The zero-order valence-corrected chi connectivity index (χ0v) is 15.3. The smallest absolute Gasteiger partial charge is 0.237 e. The molecule has 0 aliphatic heterocycles. The van der Waals surface area contributed by atoms with E-state index in [1.807, 2.05) is 26.0 Å². The Morgan fingerprint density at radius 1 is 1.12 bits per heavy atom. The number of methoxy groups -OCH3 is 2. The molecule has 0 saturated carbocycles. The minimum atomic E-state index is -0.177. The Morgan fingerprint density at radius 3 is 2.42 bits per heavy atom. The van der Waals surface area contributed by atoms with Gasteiger partial charge in [0.05, 0.1) is 25.2 Å². The summed E-state index contributed by atoms with van der Waals surface area (Å²) in [7, 11) is 3.17. The fourth-order valence-electron chi connectivity index (χ4n) is 2.23. The molecular weight excluding hydrogens is 322 g/mol. The molecule has 2 aromatic carbocycles. The van der Waals surface area contributed by atoms with E-state index in [0.29, 0.717) is 17.2 Å². The van der Waals surface area contributed by atoms with Gasteiger partial charge in [-0.1, -0.05) is 24.6 Å². The van der Waals surface area contributed by atoms with Gasteiger partial charge in [0.25, 0.3) is 0 Å². The number of thioether (sulfide) groups is 1. The lowest BCUT2D eigenvalue weighted by Gasteiger charge is -2.17. The highest BCUT2D eigenvalue weighted by molar-refractivity contribution is 8.00. The second-order valence-electron chi connectivity index (χ2n) is 5.38. The molecule has 0 saturated heterocycles. The van der Waals surface area contributed by atoms with Gasteiger partial charge in [-0.3, -0.25) is 4.79 Å². The normalized spacial score (nSPS) is 11.7. The molecule has 0 aliphatic carbocycles. The largest absolute Gasteiger partial charge is 0.497 e. The number of ether oxygens (including phenoxy) is 2. The van der Waals surface area contributed by atoms with E-state index in [-0.39, 0.29) is 11.2 Å². The van der Waals surface area contributed by atoms with Gasteiger partial charge in [0.1, 0.15) is 11.5 Å². The lowest BCUT2D eigenvalue weighted by atomic mass is 10.2. The number of aryl methyl sites for hydroxylation is 1. The first-order valence-electron chi connectivity index (χ1n) is 7.83. The summed E-state index contributed by atoms with van der Waals surface area (Å²) >= 11 is 1.56. The quantitative estimate of drug-likeness (QED) is 0.750. The standard InChI is InChI=1S/C19H23NO3S/c1-5-18(24-15-9-6-13(2)7-10-15)19(21)20-16-12-14(22-3)8-11-17(16)23-4/h6-12,18H,5H2,1-4H3,(H,20,21). The maximum atomic E-state index is 12.7. The highest BCUT2D eigenvalue weighted by Crippen LogP contribution is 2.31. The number of hydrogen-bond acceptors (Lipinski definition) is 4. The predicted molar refractivity (Wildman–Crippen MR) is 99.3 cm³/mol. The Kier molecular flexibility index (Phi) is 6.55.